The van der Waals surface area contributed by atoms with Gasteiger partial charge in [-0.3, -0.25) is 4.79 Å². The average Bonchev–Trinajstić information content (AvgIpc) is 3.61. The Morgan fingerprint density at radius 3 is 2.62 bits per heavy atom. The highest BCUT2D eigenvalue weighted by Gasteiger charge is 2.33. The first kappa shape index (κ1) is 27.3. The number of hydrogen-bond acceptors (Lipinski definition) is 8. The first-order valence-corrected chi connectivity index (χ1v) is 14.4. The van der Waals surface area contributed by atoms with Crippen LogP contribution in [-0.4, -0.2) is 65.2 Å². The number of aromatic nitrogens is 6. The van der Waals surface area contributed by atoms with Crippen LogP contribution in [0.3, 0.4) is 0 Å². The maximum Gasteiger partial charge on any atom is 0.246 e. The number of rotatable bonds is 8. The molecule has 216 valence electrons. The monoisotopic (exact) mass is 565 g/mol. The Balaban J connectivity index is 1.30. The van der Waals surface area contributed by atoms with Gasteiger partial charge in [0.25, 0.3) is 0 Å². The lowest BCUT2D eigenvalue weighted by molar-refractivity contribution is -0.126. The topological polar surface area (TPSA) is 105 Å². The normalized spacial score (nSPS) is 17.4. The lowest BCUT2D eigenvalue weighted by atomic mass is 10.1. The van der Waals surface area contributed by atoms with Crippen molar-refractivity contribution >= 4 is 34.3 Å². The zero-order chi connectivity index (χ0) is 29.2. The number of nitrogens with zero attached hydrogens (tertiary/aromatic N) is 8. The fourth-order valence-corrected chi connectivity index (χ4v) is 5.83. The lowest BCUT2D eigenvalue weighted by Gasteiger charge is -2.37. The Morgan fingerprint density at radius 1 is 1.05 bits per heavy atom. The molecule has 0 saturated carbocycles. The number of benzene rings is 1. The number of aryl methyl sites for hydroxylation is 1. The number of hydrogen-bond donors (Lipinski definition) is 1. The summed E-state index contributed by atoms with van der Waals surface area (Å²) in [5, 5.41) is 12.2. The molecule has 0 spiro atoms. The van der Waals surface area contributed by atoms with Crippen LogP contribution in [0.2, 0.25) is 0 Å². The molecule has 1 fully saturated rings. The highest BCUT2D eigenvalue weighted by atomic mass is 16.5. The molecule has 42 heavy (non-hydrogen) atoms. The summed E-state index contributed by atoms with van der Waals surface area (Å²) in [5.74, 6) is 2.14. The number of amides is 1. The van der Waals surface area contributed by atoms with E-state index in [9.17, 15) is 4.79 Å². The Morgan fingerprint density at radius 2 is 1.83 bits per heavy atom. The van der Waals surface area contributed by atoms with Crippen LogP contribution in [0.25, 0.3) is 11.2 Å². The van der Waals surface area contributed by atoms with Crippen LogP contribution in [0.15, 0.2) is 74.1 Å². The predicted molar refractivity (Wildman–Crippen MR) is 163 cm³/mol. The zero-order valence-corrected chi connectivity index (χ0v) is 24.1. The van der Waals surface area contributed by atoms with Crippen molar-refractivity contribution < 1.29 is 9.53 Å². The predicted octanol–water partition coefficient (Wildman–Crippen LogP) is 5.40. The van der Waals surface area contributed by atoms with Gasteiger partial charge in [-0.25, -0.2) is 19.0 Å². The molecule has 2 atom stereocenters. The van der Waals surface area contributed by atoms with Crippen LogP contribution in [0.1, 0.15) is 38.7 Å². The van der Waals surface area contributed by atoms with E-state index in [1.807, 2.05) is 59.1 Å². The van der Waals surface area contributed by atoms with Gasteiger partial charge in [-0.15, -0.1) is 0 Å². The molecule has 1 aromatic carbocycles. The van der Waals surface area contributed by atoms with Crippen LogP contribution in [0.5, 0.6) is 11.5 Å². The minimum Gasteiger partial charge on any atom is -0.457 e. The molecule has 0 bridgehead atoms. The summed E-state index contributed by atoms with van der Waals surface area (Å²) in [5.41, 5.74) is 4.54. The number of pyridine rings is 1. The summed E-state index contributed by atoms with van der Waals surface area (Å²) in [6.45, 7) is 11.5. The van der Waals surface area contributed by atoms with E-state index in [4.69, 9.17) is 4.74 Å². The number of nitrogens with one attached hydrogen (secondary N) is 1. The molecule has 2 unspecified atom stereocenters. The Hall–Kier alpha value is -4.93. The highest BCUT2D eigenvalue weighted by molar-refractivity contribution is 5.88. The maximum atomic E-state index is 12.6. The van der Waals surface area contributed by atoms with E-state index in [0.29, 0.717) is 24.7 Å². The maximum absolute atomic E-state index is 12.6. The largest absolute Gasteiger partial charge is 0.457 e. The van der Waals surface area contributed by atoms with E-state index in [0.717, 1.165) is 53.1 Å². The van der Waals surface area contributed by atoms with Crippen molar-refractivity contribution in [2.75, 3.05) is 23.3 Å². The van der Waals surface area contributed by atoms with Gasteiger partial charge >= 0.3 is 0 Å². The molecule has 6 rings (SSSR count). The van der Waals surface area contributed by atoms with Crippen molar-refractivity contribution in [3.8, 4) is 11.5 Å². The van der Waals surface area contributed by atoms with Gasteiger partial charge in [0.05, 0.1) is 5.69 Å². The second-order valence-electron chi connectivity index (χ2n) is 10.5. The van der Waals surface area contributed by atoms with Gasteiger partial charge in [0.2, 0.25) is 5.91 Å². The van der Waals surface area contributed by atoms with Crippen molar-refractivity contribution in [1.82, 2.24) is 34.1 Å². The van der Waals surface area contributed by atoms with Crippen LogP contribution in [0.4, 0.5) is 17.2 Å². The summed E-state index contributed by atoms with van der Waals surface area (Å²) >= 11 is 0. The van der Waals surface area contributed by atoms with E-state index in [1.165, 1.54) is 12.4 Å². The molecule has 0 radical (unpaired) electrons. The molecule has 1 aliphatic heterocycles. The van der Waals surface area contributed by atoms with Gasteiger partial charge in [-0.05, 0) is 68.2 Å². The third-order valence-corrected chi connectivity index (χ3v) is 8.01. The zero-order valence-electron chi connectivity index (χ0n) is 24.1. The summed E-state index contributed by atoms with van der Waals surface area (Å²) in [6.07, 6.45) is 11.0. The fourth-order valence-electron chi connectivity index (χ4n) is 5.83. The van der Waals surface area contributed by atoms with Gasteiger partial charge < -0.3 is 19.9 Å². The van der Waals surface area contributed by atoms with E-state index >= 15 is 0 Å². The van der Waals surface area contributed by atoms with E-state index in [1.54, 1.807) is 10.8 Å². The Kier molecular flexibility index (Phi) is 7.47. The molecule has 1 amide bonds. The highest BCUT2D eigenvalue weighted by Crippen LogP contribution is 2.36. The number of carbonyl (C=O) groups is 1. The Labute approximate surface area is 244 Å². The number of ether oxygens (including phenoxy) is 1. The van der Waals surface area contributed by atoms with Crippen molar-refractivity contribution in [3.63, 3.8) is 0 Å². The van der Waals surface area contributed by atoms with Crippen molar-refractivity contribution in [2.45, 2.75) is 52.1 Å². The third kappa shape index (κ3) is 5.13. The second-order valence-corrected chi connectivity index (χ2v) is 10.5. The molecule has 1 aliphatic rings. The first-order chi connectivity index (χ1) is 20.5. The SMILES string of the molecule is C=CC(=O)N1CCC(CC)N(c2ccn3ncnc(Nc4ccc(Oc5ccn6ncnc6c5)c(C)c4)c23)C(CC)C1. The Bertz CT molecular complexity index is 1740. The quantitative estimate of drug-likeness (QED) is 0.250. The smallest absolute Gasteiger partial charge is 0.246 e. The average molecular weight is 566 g/mol. The third-order valence-electron chi connectivity index (χ3n) is 8.01. The van der Waals surface area contributed by atoms with E-state index in [-0.39, 0.29) is 18.0 Å². The molecule has 5 aromatic rings. The standard InChI is InChI=1S/C31H35N9O2/c1-5-23-10-13-37(29(41)7-3)18-24(6-2)40(23)26-12-15-39-30(26)31(33-20-35-39)36-22-8-9-27(21(4)16-22)42-25-11-14-38-28(17-25)32-19-34-38/h7-9,11-12,14-17,19-20,23-24H,3,5-6,10,13,18H2,1-2,4H3,(H,33,35,36). The van der Waals surface area contributed by atoms with E-state index < -0.39 is 0 Å². The molecular formula is C31H35N9O2. The van der Waals surface area contributed by atoms with Crippen LogP contribution < -0.4 is 15.0 Å². The van der Waals surface area contributed by atoms with Crippen molar-refractivity contribution in [1.29, 1.82) is 0 Å². The van der Waals surface area contributed by atoms with Crippen LogP contribution in [0, 0.1) is 6.92 Å². The second kappa shape index (κ2) is 11.5. The van der Waals surface area contributed by atoms with E-state index in [2.05, 4.69) is 56.9 Å². The minimum atomic E-state index is -0.0144. The lowest BCUT2D eigenvalue weighted by Crippen LogP contribution is -2.45. The minimum absolute atomic E-state index is 0.0144. The molecule has 4 aromatic heterocycles. The molecule has 0 aliphatic carbocycles. The molecule has 11 nitrogen and oxygen atoms in total. The van der Waals surface area contributed by atoms with Crippen LogP contribution in [-0.2, 0) is 4.79 Å². The van der Waals surface area contributed by atoms with Crippen molar-refractivity contribution in [2.24, 2.45) is 0 Å². The summed E-state index contributed by atoms with van der Waals surface area (Å²) < 4.78 is 9.72. The van der Waals surface area contributed by atoms with Gasteiger partial charge in [0, 0.05) is 49.3 Å². The summed E-state index contributed by atoms with van der Waals surface area (Å²) in [7, 11) is 0. The molecule has 1 saturated heterocycles. The van der Waals surface area contributed by atoms with Crippen molar-refractivity contribution in [3.05, 3.63) is 79.7 Å². The summed E-state index contributed by atoms with van der Waals surface area (Å²) in [6, 6.07) is 12.2. The molecule has 5 heterocycles. The van der Waals surface area contributed by atoms with Gasteiger partial charge in [0.15, 0.2) is 11.5 Å². The molecular weight excluding hydrogens is 530 g/mol. The number of carbonyl (C=O) groups excluding carboxylic acids is 1. The van der Waals surface area contributed by atoms with Gasteiger partial charge in [-0.1, -0.05) is 20.4 Å². The van der Waals surface area contributed by atoms with Crippen LogP contribution >= 0.6 is 0 Å². The summed E-state index contributed by atoms with van der Waals surface area (Å²) in [4.78, 5) is 25.9. The molecule has 11 heteroatoms. The van der Waals surface area contributed by atoms with Gasteiger partial charge in [-0.2, -0.15) is 10.2 Å². The fraction of sp³-hybridized carbons (Fsp3) is 0.323. The number of fused-ring (bicyclic) bond motifs is 2. The number of anilines is 3. The van der Waals surface area contributed by atoms with Gasteiger partial charge in [0.1, 0.15) is 29.7 Å². The molecule has 1 N–H and O–H groups in total. The first-order valence-electron chi connectivity index (χ1n) is 14.4.